The number of hydrogen-bond donors (Lipinski definition) is 1. The molecule has 2 aromatic rings. The highest BCUT2D eigenvalue weighted by Crippen LogP contribution is 2.50. The molecule has 30 heavy (non-hydrogen) atoms. The van der Waals surface area contributed by atoms with E-state index in [-0.39, 0.29) is 11.7 Å². The number of ether oxygens (including phenoxy) is 1. The molecule has 1 fully saturated rings. The van der Waals surface area contributed by atoms with Crippen LogP contribution in [0.25, 0.3) is 11.1 Å². The fourth-order valence-corrected chi connectivity index (χ4v) is 4.67. The van der Waals surface area contributed by atoms with Gasteiger partial charge in [0.05, 0.1) is 23.9 Å². The Labute approximate surface area is 175 Å². The Morgan fingerprint density at radius 2 is 2.07 bits per heavy atom. The summed E-state index contributed by atoms with van der Waals surface area (Å²) in [6.07, 6.45) is 5.43. The van der Waals surface area contributed by atoms with Gasteiger partial charge >= 0.3 is 0 Å². The molecular weight excluding hydrogens is 381 g/mol. The number of nitrogens with two attached hydrogens (primary N) is 1. The molecule has 2 aliphatic carbocycles. The molecule has 6 heteroatoms. The second-order valence-electron chi connectivity index (χ2n) is 8.16. The highest BCUT2D eigenvalue weighted by Gasteiger charge is 2.38. The third kappa shape index (κ3) is 3.56. The topological polar surface area (TPSA) is 89.0 Å². The number of carbonyl (C=O) groups excluding carboxylic acids is 1. The molecule has 0 spiro atoms. The number of hydrogen-bond acceptors (Lipinski definition) is 4. The highest BCUT2D eigenvalue weighted by atomic mass is 19.1. The van der Waals surface area contributed by atoms with Crippen LogP contribution in [0.4, 0.5) is 4.39 Å². The van der Waals surface area contributed by atoms with Gasteiger partial charge in [-0.05, 0) is 84.4 Å². The zero-order valence-electron chi connectivity index (χ0n) is 17.1. The Hall–Kier alpha value is -3.20. The fourth-order valence-electron chi connectivity index (χ4n) is 4.67. The van der Waals surface area contributed by atoms with E-state index in [1.165, 1.54) is 32.2 Å². The molecule has 2 unspecified atom stereocenters. The first-order chi connectivity index (χ1) is 14.4. The van der Waals surface area contributed by atoms with E-state index >= 15 is 0 Å². The Kier molecular flexibility index (Phi) is 5.29. The second-order valence-corrected chi connectivity index (χ2v) is 8.16. The number of primary amides is 1. The standard InChI is InChI=1S/C24H24FN3O2/c1-13-16(14-3-4-14)6-7-17(22-8-5-15(12-28-22)24(27)29)20(11-26)19-9-21(25)23(30-2)10-18(13)19/h5,8-10,12-14,16H,3-4,6-7H2,1-2H3,(H2,27,29). The van der Waals surface area contributed by atoms with Crippen LogP contribution in [0.3, 0.4) is 0 Å². The van der Waals surface area contributed by atoms with Gasteiger partial charge in [-0.3, -0.25) is 9.78 Å². The van der Waals surface area contributed by atoms with Crippen LogP contribution in [0.2, 0.25) is 0 Å². The predicted molar refractivity (Wildman–Crippen MR) is 112 cm³/mol. The normalized spacial score (nSPS) is 21.3. The maximum Gasteiger partial charge on any atom is 0.250 e. The van der Waals surface area contributed by atoms with Crippen molar-refractivity contribution in [3.63, 3.8) is 0 Å². The highest BCUT2D eigenvalue weighted by molar-refractivity contribution is 5.98. The Morgan fingerprint density at radius 3 is 2.63 bits per heavy atom. The van der Waals surface area contributed by atoms with E-state index in [1.807, 2.05) is 0 Å². The van der Waals surface area contributed by atoms with Crippen LogP contribution in [-0.4, -0.2) is 18.0 Å². The number of fused-ring (bicyclic) bond motifs is 1. The molecule has 1 amide bonds. The minimum atomic E-state index is -0.552. The van der Waals surface area contributed by atoms with Crippen LogP contribution in [0, 0.1) is 29.0 Å². The van der Waals surface area contributed by atoms with Gasteiger partial charge in [-0.25, -0.2) is 4.39 Å². The summed E-state index contributed by atoms with van der Waals surface area (Å²) in [4.78, 5) is 15.8. The monoisotopic (exact) mass is 405 g/mol. The van der Waals surface area contributed by atoms with Gasteiger partial charge in [0.1, 0.15) is 6.07 Å². The summed E-state index contributed by atoms with van der Waals surface area (Å²) in [5, 5.41) is 10.1. The average Bonchev–Trinajstić information content (AvgIpc) is 3.57. The Morgan fingerprint density at radius 1 is 1.30 bits per heavy atom. The third-order valence-electron chi connectivity index (χ3n) is 6.45. The molecule has 0 bridgehead atoms. The van der Waals surface area contributed by atoms with Crippen molar-refractivity contribution in [1.29, 1.82) is 5.26 Å². The largest absolute Gasteiger partial charge is 0.494 e. The molecule has 1 saturated carbocycles. The third-order valence-corrected chi connectivity index (χ3v) is 6.45. The quantitative estimate of drug-likeness (QED) is 0.799. The molecule has 0 saturated heterocycles. The SMILES string of the molecule is COc1cc2c(cc1F)C(C#N)=C(c1ccc(C(N)=O)cn1)CCC(C1CC1)C2C. The second kappa shape index (κ2) is 7.91. The fraction of sp³-hybridized carbons (Fsp3) is 0.375. The van der Waals surface area contributed by atoms with E-state index in [4.69, 9.17) is 10.5 Å². The van der Waals surface area contributed by atoms with Crippen molar-refractivity contribution in [1.82, 2.24) is 4.98 Å². The molecule has 1 aromatic heterocycles. The van der Waals surface area contributed by atoms with Gasteiger partial charge in [0.2, 0.25) is 5.91 Å². The van der Waals surface area contributed by atoms with E-state index in [9.17, 15) is 14.4 Å². The summed E-state index contributed by atoms with van der Waals surface area (Å²) < 4.78 is 19.9. The number of benzene rings is 1. The average molecular weight is 405 g/mol. The molecule has 154 valence electrons. The summed E-state index contributed by atoms with van der Waals surface area (Å²) in [5.74, 6) is 0.438. The van der Waals surface area contributed by atoms with Crippen molar-refractivity contribution in [2.75, 3.05) is 7.11 Å². The molecule has 2 N–H and O–H groups in total. The van der Waals surface area contributed by atoms with Gasteiger partial charge in [0.15, 0.2) is 11.6 Å². The molecule has 1 heterocycles. The van der Waals surface area contributed by atoms with E-state index < -0.39 is 11.7 Å². The number of nitrogens with zero attached hydrogens (tertiary/aromatic N) is 2. The number of pyridine rings is 1. The van der Waals surface area contributed by atoms with Crippen LogP contribution in [-0.2, 0) is 0 Å². The van der Waals surface area contributed by atoms with Gasteiger partial charge in [-0.2, -0.15) is 5.26 Å². The Bertz CT molecular complexity index is 1070. The van der Waals surface area contributed by atoms with Crippen molar-refractivity contribution < 1.29 is 13.9 Å². The smallest absolute Gasteiger partial charge is 0.250 e. The van der Waals surface area contributed by atoms with E-state index in [2.05, 4.69) is 18.0 Å². The first kappa shape index (κ1) is 20.1. The maximum atomic E-state index is 14.7. The summed E-state index contributed by atoms with van der Waals surface area (Å²) in [6, 6.07) is 8.78. The van der Waals surface area contributed by atoms with Crippen molar-refractivity contribution in [3.8, 4) is 11.8 Å². The minimum Gasteiger partial charge on any atom is -0.494 e. The number of allylic oxidation sites excluding steroid dienone is 2. The summed E-state index contributed by atoms with van der Waals surface area (Å²) in [7, 11) is 1.45. The molecule has 2 atom stereocenters. The Balaban J connectivity index is 1.92. The van der Waals surface area contributed by atoms with Gasteiger partial charge in [0.25, 0.3) is 0 Å². The summed E-state index contributed by atoms with van der Waals surface area (Å²) in [5.41, 5.74) is 8.99. The lowest BCUT2D eigenvalue weighted by Gasteiger charge is -2.30. The van der Waals surface area contributed by atoms with Crippen molar-refractivity contribution in [2.24, 2.45) is 17.6 Å². The lowest BCUT2D eigenvalue weighted by molar-refractivity contribution is 0.1000. The van der Waals surface area contributed by atoms with Gasteiger partial charge < -0.3 is 10.5 Å². The molecule has 2 aliphatic rings. The molecule has 0 radical (unpaired) electrons. The molecular formula is C24H24FN3O2. The van der Waals surface area contributed by atoms with Crippen molar-refractivity contribution >= 4 is 17.1 Å². The lowest BCUT2D eigenvalue weighted by atomic mass is 9.74. The van der Waals surface area contributed by atoms with E-state index in [0.29, 0.717) is 40.7 Å². The molecule has 4 rings (SSSR count). The molecule has 5 nitrogen and oxygen atoms in total. The number of methoxy groups -OCH3 is 1. The number of carbonyl (C=O) groups is 1. The van der Waals surface area contributed by atoms with Crippen LogP contribution >= 0.6 is 0 Å². The first-order valence-corrected chi connectivity index (χ1v) is 10.2. The zero-order valence-corrected chi connectivity index (χ0v) is 17.1. The predicted octanol–water partition coefficient (Wildman–Crippen LogP) is 4.69. The van der Waals surface area contributed by atoms with Crippen LogP contribution < -0.4 is 10.5 Å². The first-order valence-electron chi connectivity index (χ1n) is 10.2. The molecule has 1 aromatic carbocycles. The van der Waals surface area contributed by atoms with E-state index in [1.54, 1.807) is 18.2 Å². The van der Waals surface area contributed by atoms with Crippen LogP contribution in [0.1, 0.15) is 65.7 Å². The number of nitriles is 1. The van der Waals surface area contributed by atoms with Crippen LogP contribution in [0.5, 0.6) is 5.75 Å². The minimum absolute atomic E-state index is 0.192. The van der Waals surface area contributed by atoms with Gasteiger partial charge in [-0.1, -0.05) is 6.92 Å². The maximum absolute atomic E-state index is 14.7. The summed E-state index contributed by atoms with van der Waals surface area (Å²) >= 11 is 0. The van der Waals surface area contributed by atoms with Crippen molar-refractivity contribution in [3.05, 3.63) is 58.7 Å². The summed E-state index contributed by atoms with van der Waals surface area (Å²) in [6.45, 7) is 2.17. The number of aromatic nitrogens is 1. The van der Waals surface area contributed by atoms with Gasteiger partial charge in [0, 0.05) is 6.20 Å². The van der Waals surface area contributed by atoms with Crippen molar-refractivity contribution in [2.45, 2.75) is 38.5 Å². The number of halogens is 1. The lowest BCUT2D eigenvalue weighted by Crippen LogP contribution is -2.17. The molecule has 0 aliphatic heterocycles. The van der Waals surface area contributed by atoms with E-state index in [0.717, 1.165) is 17.6 Å². The number of amides is 1. The van der Waals surface area contributed by atoms with Crippen LogP contribution in [0.15, 0.2) is 30.5 Å². The van der Waals surface area contributed by atoms with Gasteiger partial charge in [-0.15, -0.1) is 0 Å². The zero-order chi connectivity index (χ0) is 21.4. The number of rotatable bonds is 4.